The van der Waals surface area contributed by atoms with Crippen LogP contribution in [0.25, 0.3) is 0 Å². The van der Waals surface area contributed by atoms with E-state index in [1.807, 2.05) is 0 Å². The number of aromatic nitrogens is 2. The number of piperidine rings is 1. The topological polar surface area (TPSA) is 96.8 Å². The van der Waals surface area contributed by atoms with E-state index in [0.29, 0.717) is 45.6 Å². The Kier molecular flexibility index (Phi) is 8.02. The van der Waals surface area contributed by atoms with Crippen molar-refractivity contribution in [3.8, 4) is 0 Å². The van der Waals surface area contributed by atoms with Crippen LogP contribution in [0, 0.1) is 5.92 Å². The Labute approximate surface area is 177 Å². The van der Waals surface area contributed by atoms with Crippen molar-refractivity contribution in [1.82, 2.24) is 20.0 Å². The Morgan fingerprint density at radius 3 is 2.57 bits per heavy atom. The fourth-order valence-corrected chi connectivity index (χ4v) is 3.33. The molecule has 0 aromatic carbocycles. The molecule has 9 nitrogen and oxygen atoms in total. The van der Waals surface area contributed by atoms with Crippen molar-refractivity contribution in [3.63, 3.8) is 0 Å². The first kappa shape index (κ1) is 23.4. The molecule has 0 unspecified atom stereocenters. The number of hydrogen-bond donors (Lipinski definition) is 1. The molecule has 1 aromatic rings. The minimum absolute atomic E-state index is 0.0639. The molecular weight excluding hydrogens is 386 g/mol. The van der Waals surface area contributed by atoms with Crippen LogP contribution >= 0.6 is 0 Å². The molecule has 0 aliphatic carbocycles. The van der Waals surface area contributed by atoms with Crippen molar-refractivity contribution in [3.05, 3.63) is 35.1 Å². The van der Waals surface area contributed by atoms with Crippen LogP contribution in [0.4, 0.5) is 10.6 Å². The van der Waals surface area contributed by atoms with Crippen molar-refractivity contribution >= 4 is 17.8 Å². The predicted molar refractivity (Wildman–Crippen MR) is 115 cm³/mol. The molecule has 0 spiro atoms. The van der Waals surface area contributed by atoms with Crippen LogP contribution in [0.15, 0.2) is 29.6 Å². The summed E-state index contributed by atoms with van der Waals surface area (Å²) in [7, 11) is 1.63. The number of nitrogens with one attached hydrogen (secondary N) is 1. The Hall–Kier alpha value is -2.84. The number of amides is 2. The number of ether oxygens (including phenoxy) is 1. The van der Waals surface area contributed by atoms with Gasteiger partial charge >= 0.3 is 6.09 Å². The van der Waals surface area contributed by atoms with Crippen LogP contribution < -0.4 is 15.8 Å². The van der Waals surface area contributed by atoms with Gasteiger partial charge in [-0.2, -0.15) is 5.10 Å². The van der Waals surface area contributed by atoms with Gasteiger partial charge in [-0.15, -0.1) is 6.58 Å². The summed E-state index contributed by atoms with van der Waals surface area (Å²) in [5.74, 6) is 0.719. The monoisotopic (exact) mass is 419 g/mol. The molecule has 1 N–H and O–H groups in total. The number of nitrogens with zero attached hydrogens (tertiary/aromatic N) is 4. The predicted octanol–water partition coefficient (Wildman–Crippen LogP) is 1.54. The summed E-state index contributed by atoms with van der Waals surface area (Å²) in [6, 6.07) is 3.22. The summed E-state index contributed by atoms with van der Waals surface area (Å²) < 4.78 is 6.54. The fraction of sp³-hybridized carbons (Fsp3) is 0.619. The molecule has 30 heavy (non-hydrogen) atoms. The maximum atomic E-state index is 13.0. The van der Waals surface area contributed by atoms with Gasteiger partial charge in [-0.05, 0) is 39.7 Å². The first-order chi connectivity index (χ1) is 14.1. The summed E-state index contributed by atoms with van der Waals surface area (Å²) in [5.41, 5.74) is -0.710. The van der Waals surface area contributed by atoms with Crippen molar-refractivity contribution in [2.24, 2.45) is 13.0 Å². The van der Waals surface area contributed by atoms with Gasteiger partial charge in [0.2, 0.25) is 5.91 Å². The smallest absolute Gasteiger partial charge is 0.407 e. The van der Waals surface area contributed by atoms with Crippen molar-refractivity contribution in [2.75, 3.05) is 37.6 Å². The number of alkyl carbamates (subject to hydrolysis) is 1. The van der Waals surface area contributed by atoms with Gasteiger partial charge in [0.15, 0.2) is 0 Å². The lowest BCUT2D eigenvalue weighted by Crippen LogP contribution is -2.45. The third kappa shape index (κ3) is 6.89. The van der Waals surface area contributed by atoms with Gasteiger partial charge in [0.25, 0.3) is 5.56 Å². The van der Waals surface area contributed by atoms with Crippen LogP contribution in [0.1, 0.15) is 33.6 Å². The molecule has 2 rings (SSSR count). The summed E-state index contributed by atoms with van der Waals surface area (Å²) >= 11 is 0. The second-order valence-electron chi connectivity index (χ2n) is 8.42. The van der Waals surface area contributed by atoms with E-state index in [2.05, 4.69) is 21.9 Å². The zero-order chi connectivity index (χ0) is 22.3. The Morgan fingerprint density at radius 2 is 2.00 bits per heavy atom. The average Bonchev–Trinajstić information content (AvgIpc) is 2.67. The highest BCUT2D eigenvalue weighted by Crippen LogP contribution is 2.23. The lowest BCUT2D eigenvalue weighted by Gasteiger charge is -2.34. The summed E-state index contributed by atoms with van der Waals surface area (Å²) in [6.45, 7) is 11.7. The second kappa shape index (κ2) is 10.3. The molecule has 0 bridgehead atoms. The SMILES string of the molecule is C=CCN(CCNC(=O)OC(C)(C)C)C(=O)C1CCN(c2ccc(=O)n(C)n2)CC1. The van der Waals surface area contributed by atoms with Crippen LogP contribution in [0.5, 0.6) is 0 Å². The zero-order valence-corrected chi connectivity index (χ0v) is 18.4. The molecule has 0 atom stereocenters. The summed E-state index contributed by atoms with van der Waals surface area (Å²) in [5, 5.41) is 6.97. The molecule has 1 fully saturated rings. The lowest BCUT2D eigenvalue weighted by molar-refractivity contribution is -0.135. The molecule has 0 saturated carbocycles. The fourth-order valence-electron chi connectivity index (χ4n) is 3.33. The molecule has 9 heteroatoms. The van der Waals surface area contributed by atoms with Crippen molar-refractivity contribution in [1.29, 1.82) is 0 Å². The van der Waals surface area contributed by atoms with Gasteiger partial charge in [-0.1, -0.05) is 6.08 Å². The molecule has 1 aromatic heterocycles. The Balaban J connectivity index is 1.87. The van der Waals surface area contributed by atoms with Crippen LogP contribution in [-0.4, -0.2) is 65.0 Å². The Bertz CT molecular complexity index is 806. The summed E-state index contributed by atoms with van der Waals surface area (Å²) in [6.07, 6.45) is 2.61. The first-order valence-corrected chi connectivity index (χ1v) is 10.3. The highest BCUT2D eigenvalue weighted by atomic mass is 16.6. The van der Waals surface area contributed by atoms with Crippen LogP contribution in [0.2, 0.25) is 0 Å². The third-order valence-electron chi connectivity index (χ3n) is 4.83. The second-order valence-corrected chi connectivity index (χ2v) is 8.42. The first-order valence-electron chi connectivity index (χ1n) is 10.3. The number of aryl methyl sites for hydroxylation is 1. The van der Waals surface area contributed by atoms with Gasteiger partial charge in [0.05, 0.1) is 0 Å². The van der Waals surface area contributed by atoms with E-state index >= 15 is 0 Å². The number of carbonyl (C=O) groups excluding carboxylic acids is 2. The summed E-state index contributed by atoms with van der Waals surface area (Å²) in [4.78, 5) is 40.1. The maximum absolute atomic E-state index is 13.0. The van der Waals surface area contributed by atoms with Crippen molar-refractivity contribution < 1.29 is 14.3 Å². The standard InChI is InChI=1S/C21H33N5O4/c1-6-12-26(15-11-22-20(29)30-21(2,3)4)19(28)16-9-13-25(14-10-16)17-7-8-18(27)24(5)23-17/h6-8,16H,1,9-15H2,2-5H3,(H,22,29). The van der Waals surface area contributed by atoms with Crippen molar-refractivity contribution in [2.45, 2.75) is 39.2 Å². The largest absolute Gasteiger partial charge is 0.444 e. The number of anilines is 1. The quantitative estimate of drug-likeness (QED) is 0.674. The highest BCUT2D eigenvalue weighted by molar-refractivity contribution is 5.79. The molecular formula is C21H33N5O4. The normalized spacial score (nSPS) is 14.9. The van der Waals surface area contributed by atoms with Gasteiger partial charge in [0, 0.05) is 51.8 Å². The van der Waals surface area contributed by atoms with Gasteiger partial charge < -0.3 is 19.9 Å². The van der Waals surface area contributed by atoms with Crippen LogP contribution in [0.3, 0.4) is 0 Å². The Morgan fingerprint density at radius 1 is 1.33 bits per heavy atom. The molecule has 166 valence electrons. The van der Waals surface area contributed by atoms with E-state index in [-0.39, 0.29) is 17.4 Å². The van der Waals surface area contributed by atoms with E-state index in [4.69, 9.17) is 4.74 Å². The van der Waals surface area contributed by atoms with E-state index in [1.165, 1.54) is 10.7 Å². The van der Waals surface area contributed by atoms with E-state index in [0.717, 1.165) is 5.82 Å². The zero-order valence-electron chi connectivity index (χ0n) is 18.4. The van der Waals surface area contributed by atoms with E-state index in [9.17, 15) is 14.4 Å². The number of rotatable bonds is 7. The van der Waals surface area contributed by atoms with Gasteiger partial charge in [0.1, 0.15) is 11.4 Å². The van der Waals surface area contributed by atoms with E-state index in [1.54, 1.807) is 44.9 Å². The molecule has 1 saturated heterocycles. The van der Waals surface area contributed by atoms with E-state index < -0.39 is 11.7 Å². The lowest BCUT2D eigenvalue weighted by atomic mass is 9.95. The highest BCUT2D eigenvalue weighted by Gasteiger charge is 2.29. The van der Waals surface area contributed by atoms with Gasteiger partial charge in [-0.25, -0.2) is 9.48 Å². The molecule has 2 heterocycles. The average molecular weight is 420 g/mol. The molecule has 2 amide bonds. The molecule has 0 radical (unpaired) electrons. The molecule has 1 aliphatic rings. The maximum Gasteiger partial charge on any atom is 0.407 e. The minimum Gasteiger partial charge on any atom is -0.444 e. The molecule has 1 aliphatic heterocycles. The number of hydrogen-bond acceptors (Lipinski definition) is 6. The van der Waals surface area contributed by atoms with Gasteiger partial charge in [-0.3, -0.25) is 9.59 Å². The van der Waals surface area contributed by atoms with Crippen LogP contribution in [-0.2, 0) is 16.6 Å². The minimum atomic E-state index is -0.561. The number of carbonyl (C=O) groups is 2. The third-order valence-corrected chi connectivity index (χ3v) is 4.83.